The summed E-state index contributed by atoms with van der Waals surface area (Å²) < 4.78 is 37.1. The summed E-state index contributed by atoms with van der Waals surface area (Å²) in [6.45, 7) is 8.18. The summed E-state index contributed by atoms with van der Waals surface area (Å²) >= 11 is 0. The van der Waals surface area contributed by atoms with Crippen molar-refractivity contribution in [2.45, 2.75) is 37.5 Å². The monoisotopic (exact) mass is 339 g/mol. The van der Waals surface area contributed by atoms with Gasteiger partial charge in [-0.3, -0.25) is 0 Å². The number of nitrogens with zero attached hydrogens (tertiary/aromatic N) is 2. The number of hydrogen-bond donors (Lipinski definition) is 0. The molecule has 1 aromatic rings. The molecule has 2 rings (SSSR count). The van der Waals surface area contributed by atoms with Gasteiger partial charge in [0.2, 0.25) is 5.69 Å². The maximum Gasteiger partial charge on any atom is 0.209 e. The molecule has 0 atom stereocenters. The van der Waals surface area contributed by atoms with Crippen molar-refractivity contribution < 1.29 is 22.0 Å². The fraction of sp³-hybridized carbons (Fsp3) is 0.588. The van der Waals surface area contributed by atoms with Crippen molar-refractivity contribution >= 4 is 21.5 Å². The van der Waals surface area contributed by atoms with Crippen LogP contribution >= 0.6 is 0 Å². The van der Waals surface area contributed by atoms with E-state index >= 15 is 0 Å². The molecule has 0 N–H and O–H groups in total. The second kappa shape index (κ2) is 5.69. The van der Waals surface area contributed by atoms with Gasteiger partial charge < -0.3 is 9.04 Å². The summed E-state index contributed by atoms with van der Waals surface area (Å²) in [5.74, 6) is 0. The minimum Gasteiger partial charge on any atom is -0.744 e. The number of quaternary nitrogens is 1. The predicted molar refractivity (Wildman–Crippen MR) is 90.4 cm³/mol. The molecule has 1 aliphatic heterocycles. The summed E-state index contributed by atoms with van der Waals surface area (Å²) in [5, 5.41) is 0. The Morgan fingerprint density at radius 3 is 2.35 bits per heavy atom. The topological polar surface area (TPSA) is 60.2 Å². The molecule has 1 heterocycles. The van der Waals surface area contributed by atoms with Crippen LogP contribution in [0.2, 0.25) is 0 Å². The Balaban J connectivity index is 2.39. The number of rotatable bonds is 5. The summed E-state index contributed by atoms with van der Waals surface area (Å²) in [4.78, 5) is -0.148. The average Bonchev–Trinajstić information content (AvgIpc) is 2.57. The fourth-order valence-corrected chi connectivity index (χ4v) is 3.61. The van der Waals surface area contributed by atoms with Gasteiger partial charge in [0, 0.05) is 18.6 Å². The van der Waals surface area contributed by atoms with Crippen LogP contribution in [0.4, 0.5) is 5.69 Å². The molecule has 23 heavy (non-hydrogen) atoms. The summed E-state index contributed by atoms with van der Waals surface area (Å²) in [6.07, 6.45) is 1.04. The average molecular weight is 339 g/mol. The standard InChI is InChI=1S/C17H27N2O3S/c1-13-17(2,3)15-12-14(23(20,21)22)8-9-16(15)18(13)10-7-11-19(4,5)6/h8-9,12H,7,10-11H2,1-6H3/q+1. The van der Waals surface area contributed by atoms with Gasteiger partial charge in [-0.05, 0) is 26.0 Å². The van der Waals surface area contributed by atoms with Crippen molar-refractivity contribution in [3.8, 4) is 0 Å². The highest BCUT2D eigenvalue weighted by Gasteiger charge is 2.43. The van der Waals surface area contributed by atoms with Crippen molar-refractivity contribution in [2.24, 2.45) is 0 Å². The lowest BCUT2D eigenvalue weighted by Gasteiger charge is -2.23. The van der Waals surface area contributed by atoms with Crippen LogP contribution in [0.5, 0.6) is 0 Å². The Bertz CT molecular complexity index is 757. The Morgan fingerprint density at radius 2 is 1.83 bits per heavy atom. The van der Waals surface area contributed by atoms with Crippen LogP contribution in [-0.4, -0.2) is 62.0 Å². The lowest BCUT2D eigenvalue weighted by atomic mass is 9.82. The zero-order valence-corrected chi connectivity index (χ0v) is 15.7. The van der Waals surface area contributed by atoms with Gasteiger partial charge in [0.1, 0.15) is 10.1 Å². The Kier molecular flexibility index (Phi) is 4.47. The van der Waals surface area contributed by atoms with Gasteiger partial charge in [0.05, 0.1) is 44.4 Å². The Morgan fingerprint density at radius 1 is 1.22 bits per heavy atom. The molecule has 0 fully saturated rings. The summed E-state index contributed by atoms with van der Waals surface area (Å²) in [5.41, 5.74) is 2.85. The van der Waals surface area contributed by atoms with Crippen LogP contribution in [0.1, 0.15) is 32.8 Å². The zero-order valence-electron chi connectivity index (χ0n) is 14.9. The van der Waals surface area contributed by atoms with E-state index in [1.807, 2.05) is 0 Å². The second-order valence-electron chi connectivity index (χ2n) is 7.86. The molecule has 0 spiro atoms. The highest BCUT2D eigenvalue weighted by Crippen LogP contribution is 2.40. The first-order valence-electron chi connectivity index (χ1n) is 7.86. The first-order valence-corrected chi connectivity index (χ1v) is 9.27. The van der Waals surface area contributed by atoms with Crippen molar-refractivity contribution in [1.29, 1.82) is 0 Å². The van der Waals surface area contributed by atoms with E-state index in [0.29, 0.717) is 0 Å². The lowest BCUT2D eigenvalue weighted by Crippen LogP contribution is -2.36. The SMILES string of the molecule is CC1=[N+](CCC[N+](C)(C)C)c2ccc(S(=O)(=O)[O-])cc2C1(C)C. The molecule has 1 aromatic carbocycles. The predicted octanol–water partition coefficient (Wildman–Crippen LogP) is 2.08. The van der Waals surface area contributed by atoms with Gasteiger partial charge in [-0.1, -0.05) is 0 Å². The first-order chi connectivity index (χ1) is 10.3. The van der Waals surface area contributed by atoms with Gasteiger partial charge in [-0.2, -0.15) is 4.58 Å². The molecule has 6 heteroatoms. The number of hydrogen-bond acceptors (Lipinski definition) is 3. The van der Waals surface area contributed by atoms with Crippen LogP contribution < -0.4 is 0 Å². The van der Waals surface area contributed by atoms with Crippen molar-refractivity contribution in [2.75, 3.05) is 34.2 Å². The van der Waals surface area contributed by atoms with Crippen LogP contribution in [-0.2, 0) is 15.5 Å². The maximum absolute atomic E-state index is 11.3. The molecule has 0 unspecified atom stereocenters. The fourth-order valence-electron chi connectivity index (χ4n) is 3.11. The molecule has 0 bridgehead atoms. The largest absolute Gasteiger partial charge is 0.744 e. The Labute approximate surface area is 139 Å². The van der Waals surface area contributed by atoms with E-state index in [-0.39, 0.29) is 10.3 Å². The zero-order chi connectivity index (χ0) is 17.6. The lowest BCUT2D eigenvalue weighted by molar-refractivity contribution is -0.871. The van der Waals surface area contributed by atoms with Crippen LogP contribution in [0.3, 0.4) is 0 Å². The molecule has 5 nitrogen and oxygen atoms in total. The molecular formula is C17H27N2O3S+. The maximum atomic E-state index is 11.3. The van der Waals surface area contributed by atoms with E-state index in [1.54, 1.807) is 12.1 Å². The van der Waals surface area contributed by atoms with Gasteiger partial charge in [0.15, 0.2) is 12.3 Å². The normalized spacial score (nSPS) is 17.5. The summed E-state index contributed by atoms with van der Waals surface area (Å²) in [6, 6.07) is 4.73. The molecule has 0 saturated carbocycles. The van der Waals surface area contributed by atoms with Gasteiger partial charge in [0.25, 0.3) is 0 Å². The number of fused-ring (bicyclic) bond motifs is 1. The third kappa shape index (κ3) is 3.65. The van der Waals surface area contributed by atoms with E-state index in [9.17, 15) is 13.0 Å². The van der Waals surface area contributed by atoms with E-state index < -0.39 is 10.1 Å². The van der Waals surface area contributed by atoms with Gasteiger partial charge in [-0.15, -0.1) is 0 Å². The third-order valence-electron chi connectivity index (χ3n) is 4.74. The minimum absolute atomic E-state index is 0.148. The molecule has 0 aliphatic carbocycles. The van der Waals surface area contributed by atoms with Crippen molar-refractivity contribution in [3.05, 3.63) is 23.8 Å². The Hall–Kier alpha value is -1.24. The molecule has 0 aromatic heterocycles. The third-order valence-corrected chi connectivity index (χ3v) is 5.57. The summed E-state index contributed by atoms with van der Waals surface area (Å²) in [7, 11) is 2.09. The highest BCUT2D eigenvalue weighted by atomic mass is 32.2. The van der Waals surface area contributed by atoms with Crippen molar-refractivity contribution in [3.63, 3.8) is 0 Å². The molecule has 1 aliphatic rings. The van der Waals surface area contributed by atoms with Crippen LogP contribution in [0.25, 0.3) is 0 Å². The molecule has 0 saturated heterocycles. The number of benzene rings is 1. The van der Waals surface area contributed by atoms with Crippen LogP contribution in [0.15, 0.2) is 23.1 Å². The highest BCUT2D eigenvalue weighted by molar-refractivity contribution is 7.85. The second-order valence-corrected chi connectivity index (χ2v) is 9.24. The van der Waals surface area contributed by atoms with Gasteiger partial charge >= 0.3 is 0 Å². The molecule has 128 valence electrons. The van der Waals surface area contributed by atoms with Crippen LogP contribution in [0, 0.1) is 0 Å². The minimum atomic E-state index is -4.43. The molecular weight excluding hydrogens is 312 g/mol. The van der Waals surface area contributed by atoms with E-state index in [1.165, 1.54) is 11.8 Å². The van der Waals surface area contributed by atoms with E-state index in [2.05, 4.69) is 46.5 Å². The quantitative estimate of drug-likeness (QED) is 0.469. The molecule has 0 amide bonds. The van der Waals surface area contributed by atoms with E-state index in [0.717, 1.165) is 35.2 Å². The van der Waals surface area contributed by atoms with E-state index in [4.69, 9.17) is 0 Å². The first kappa shape index (κ1) is 18.1. The molecule has 0 radical (unpaired) electrons. The van der Waals surface area contributed by atoms with Crippen molar-refractivity contribution in [1.82, 2.24) is 0 Å². The smallest absolute Gasteiger partial charge is 0.209 e. The van der Waals surface area contributed by atoms with Gasteiger partial charge in [-0.25, -0.2) is 8.42 Å².